The van der Waals surface area contributed by atoms with Crippen molar-refractivity contribution in [2.24, 2.45) is 0 Å². The van der Waals surface area contributed by atoms with Crippen LogP contribution in [-0.4, -0.2) is 35.8 Å². The van der Waals surface area contributed by atoms with E-state index in [0.29, 0.717) is 13.2 Å². The molecule has 2 aromatic rings. The van der Waals surface area contributed by atoms with Crippen LogP contribution in [-0.2, 0) is 20.8 Å². The van der Waals surface area contributed by atoms with E-state index in [-0.39, 0.29) is 18.1 Å². The monoisotopic (exact) mass is 396 g/mol. The van der Waals surface area contributed by atoms with Crippen LogP contribution in [0.1, 0.15) is 51.8 Å². The molecule has 5 heteroatoms. The molecular weight excluding hydrogens is 364 g/mol. The van der Waals surface area contributed by atoms with Gasteiger partial charge >= 0.3 is 5.97 Å². The van der Waals surface area contributed by atoms with E-state index in [1.165, 1.54) is 16.8 Å². The molecule has 1 unspecified atom stereocenters. The largest absolute Gasteiger partial charge is 0.464 e. The third-order valence-electron chi connectivity index (χ3n) is 5.25. The van der Waals surface area contributed by atoms with Crippen molar-refractivity contribution >= 4 is 11.7 Å². The molecule has 0 saturated heterocycles. The molecule has 2 aromatic carbocycles. The highest BCUT2D eigenvalue weighted by Gasteiger charge is 2.40. The smallest absolute Gasteiger partial charge is 0.337 e. The topological polar surface area (TPSA) is 42.0 Å². The van der Waals surface area contributed by atoms with Crippen molar-refractivity contribution in [2.45, 2.75) is 58.8 Å². The number of carbonyl (C=O) groups excluding carboxylic acids is 1. The SMILES string of the molecule is CCOC(=O)C(C)(C)OCC1c2ccccc2N(Cc2ccccc2)N1C(C)C. The van der Waals surface area contributed by atoms with Gasteiger partial charge in [-0.15, -0.1) is 0 Å². The second kappa shape index (κ2) is 8.97. The van der Waals surface area contributed by atoms with Crippen molar-refractivity contribution in [3.63, 3.8) is 0 Å². The fourth-order valence-electron chi connectivity index (χ4n) is 3.82. The van der Waals surface area contributed by atoms with Crippen molar-refractivity contribution in [2.75, 3.05) is 18.2 Å². The molecule has 0 bridgehead atoms. The average molecular weight is 397 g/mol. The molecule has 1 aliphatic heterocycles. The summed E-state index contributed by atoms with van der Waals surface area (Å²) in [6, 6.07) is 19.2. The lowest BCUT2D eigenvalue weighted by molar-refractivity contribution is -0.169. The maximum absolute atomic E-state index is 12.3. The lowest BCUT2D eigenvalue weighted by Crippen LogP contribution is -2.46. The molecule has 0 radical (unpaired) electrons. The van der Waals surface area contributed by atoms with Crippen LogP contribution in [0.15, 0.2) is 54.6 Å². The lowest BCUT2D eigenvalue weighted by atomic mass is 10.1. The van der Waals surface area contributed by atoms with Crippen LogP contribution in [0.5, 0.6) is 0 Å². The molecule has 0 saturated carbocycles. The number of para-hydroxylation sites is 1. The number of hydrazine groups is 1. The summed E-state index contributed by atoms with van der Waals surface area (Å²) in [6.45, 7) is 11.3. The Morgan fingerprint density at radius 1 is 1.07 bits per heavy atom. The minimum Gasteiger partial charge on any atom is -0.464 e. The predicted octanol–water partition coefficient (Wildman–Crippen LogP) is 4.73. The summed E-state index contributed by atoms with van der Waals surface area (Å²) in [5.41, 5.74) is 2.67. The van der Waals surface area contributed by atoms with E-state index < -0.39 is 5.60 Å². The number of nitrogens with zero attached hydrogens (tertiary/aromatic N) is 2. The van der Waals surface area contributed by atoms with Gasteiger partial charge in [0.15, 0.2) is 5.60 Å². The van der Waals surface area contributed by atoms with Crippen LogP contribution in [0.2, 0.25) is 0 Å². The number of hydrogen-bond donors (Lipinski definition) is 0. The van der Waals surface area contributed by atoms with Gasteiger partial charge in [0, 0.05) is 6.04 Å². The third kappa shape index (κ3) is 4.62. The molecule has 1 atom stereocenters. The van der Waals surface area contributed by atoms with Gasteiger partial charge in [-0.2, -0.15) is 0 Å². The van der Waals surface area contributed by atoms with Crippen molar-refractivity contribution in [3.8, 4) is 0 Å². The molecule has 29 heavy (non-hydrogen) atoms. The number of anilines is 1. The number of ether oxygens (including phenoxy) is 2. The number of esters is 1. The van der Waals surface area contributed by atoms with E-state index in [9.17, 15) is 4.79 Å². The Labute approximate surface area is 174 Å². The number of carbonyl (C=O) groups is 1. The highest BCUT2D eigenvalue weighted by Crippen LogP contribution is 2.42. The minimum absolute atomic E-state index is 0.0311. The quantitative estimate of drug-likeness (QED) is 0.604. The number of hydrogen-bond acceptors (Lipinski definition) is 5. The van der Waals surface area contributed by atoms with Crippen LogP contribution < -0.4 is 5.01 Å². The minimum atomic E-state index is -0.986. The molecular formula is C24H32N2O3. The van der Waals surface area contributed by atoms with Gasteiger partial charge in [-0.3, -0.25) is 0 Å². The molecule has 0 aromatic heterocycles. The van der Waals surface area contributed by atoms with E-state index in [2.05, 4.69) is 72.4 Å². The van der Waals surface area contributed by atoms with Gasteiger partial charge in [0.25, 0.3) is 0 Å². The van der Waals surface area contributed by atoms with E-state index in [4.69, 9.17) is 9.47 Å². The van der Waals surface area contributed by atoms with Crippen LogP contribution in [0.3, 0.4) is 0 Å². The Balaban J connectivity index is 1.87. The Hall–Kier alpha value is -2.37. The molecule has 0 fully saturated rings. The summed E-state index contributed by atoms with van der Waals surface area (Å²) < 4.78 is 11.3. The first-order chi connectivity index (χ1) is 13.8. The van der Waals surface area contributed by atoms with Gasteiger partial charge < -0.3 is 14.5 Å². The van der Waals surface area contributed by atoms with E-state index >= 15 is 0 Å². The van der Waals surface area contributed by atoms with Crippen LogP contribution in [0, 0.1) is 0 Å². The summed E-state index contributed by atoms with van der Waals surface area (Å²) in [4.78, 5) is 12.3. The summed E-state index contributed by atoms with van der Waals surface area (Å²) in [5.74, 6) is -0.330. The second-order valence-corrected chi connectivity index (χ2v) is 8.13. The van der Waals surface area contributed by atoms with Gasteiger partial charge in [0.1, 0.15) is 0 Å². The summed E-state index contributed by atoms with van der Waals surface area (Å²) >= 11 is 0. The standard InChI is InChI=1S/C24H32N2O3/c1-6-28-23(27)24(4,5)29-17-22-20-14-10-11-15-21(20)25(26(22)18(2)3)16-19-12-8-7-9-13-19/h7-15,18,22H,6,16-17H2,1-5H3. The molecule has 0 aliphatic carbocycles. The Bertz CT molecular complexity index is 820. The first kappa shape index (κ1) is 21.3. The first-order valence-corrected chi connectivity index (χ1v) is 10.3. The molecule has 0 spiro atoms. The Morgan fingerprint density at radius 3 is 2.38 bits per heavy atom. The van der Waals surface area contributed by atoms with Crippen LogP contribution in [0.25, 0.3) is 0 Å². The second-order valence-electron chi connectivity index (χ2n) is 8.13. The highest BCUT2D eigenvalue weighted by molar-refractivity contribution is 5.78. The zero-order chi connectivity index (χ0) is 21.0. The average Bonchev–Trinajstić information content (AvgIpc) is 3.01. The predicted molar refractivity (Wildman–Crippen MR) is 115 cm³/mol. The van der Waals surface area contributed by atoms with Crippen LogP contribution in [0.4, 0.5) is 5.69 Å². The number of rotatable bonds is 8. The molecule has 3 rings (SSSR count). The number of benzene rings is 2. The van der Waals surface area contributed by atoms with Crippen LogP contribution >= 0.6 is 0 Å². The van der Waals surface area contributed by atoms with Crippen molar-refractivity contribution < 1.29 is 14.3 Å². The van der Waals surface area contributed by atoms with E-state index in [1.807, 2.05) is 13.0 Å². The zero-order valence-corrected chi connectivity index (χ0v) is 18.1. The van der Waals surface area contributed by atoms with Gasteiger partial charge in [-0.05, 0) is 51.8 Å². The molecule has 0 amide bonds. The summed E-state index contributed by atoms with van der Waals surface area (Å²) in [6.07, 6.45) is 0. The molecule has 1 heterocycles. The fraction of sp³-hybridized carbons (Fsp3) is 0.458. The Morgan fingerprint density at radius 2 is 1.72 bits per heavy atom. The maximum Gasteiger partial charge on any atom is 0.337 e. The van der Waals surface area contributed by atoms with Crippen molar-refractivity contribution in [1.82, 2.24) is 5.01 Å². The van der Waals surface area contributed by atoms with Crippen molar-refractivity contribution in [3.05, 3.63) is 65.7 Å². The first-order valence-electron chi connectivity index (χ1n) is 10.3. The summed E-state index contributed by atoms with van der Waals surface area (Å²) in [7, 11) is 0. The molecule has 1 aliphatic rings. The maximum atomic E-state index is 12.3. The summed E-state index contributed by atoms with van der Waals surface area (Å²) in [5, 5.41) is 4.69. The normalized spacial score (nSPS) is 16.9. The van der Waals surface area contributed by atoms with Gasteiger partial charge in [-0.1, -0.05) is 48.5 Å². The fourth-order valence-corrected chi connectivity index (χ4v) is 3.82. The van der Waals surface area contributed by atoms with Gasteiger partial charge in [-0.25, -0.2) is 9.80 Å². The highest BCUT2D eigenvalue weighted by atomic mass is 16.6. The molecule has 0 N–H and O–H groups in total. The lowest BCUT2D eigenvalue weighted by Gasteiger charge is -2.38. The molecule has 5 nitrogen and oxygen atoms in total. The Kier molecular flexibility index (Phi) is 6.60. The third-order valence-corrected chi connectivity index (χ3v) is 5.25. The number of fused-ring (bicyclic) bond motifs is 1. The van der Waals surface area contributed by atoms with Crippen molar-refractivity contribution in [1.29, 1.82) is 0 Å². The molecule has 156 valence electrons. The van der Waals surface area contributed by atoms with E-state index in [0.717, 1.165) is 6.54 Å². The van der Waals surface area contributed by atoms with Gasteiger partial charge in [0.2, 0.25) is 0 Å². The zero-order valence-electron chi connectivity index (χ0n) is 18.1. The van der Waals surface area contributed by atoms with E-state index in [1.54, 1.807) is 13.8 Å². The van der Waals surface area contributed by atoms with Gasteiger partial charge in [0.05, 0.1) is 31.5 Å².